The van der Waals surface area contributed by atoms with Crippen molar-refractivity contribution >= 4 is 80.5 Å². The van der Waals surface area contributed by atoms with Gasteiger partial charge in [0.05, 0.1) is 27.1 Å². The van der Waals surface area contributed by atoms with Crippen molar-refractivity contribution in [2.45, 2.75) is 6.92 Å². The van der Waals surface area contributed by atoms with Crippen LogP contribution in [0.25, 0.3) is 6.08 Å². The van der Waals surface area contributed by atoms with Crippen molar-refractivity contribution in [1.82, 2.24) is 10.4 Å². The lowest BCUT2D eigenvalue weighted by Crippen LogP contribution is -2.27. The van der Waals surface area contributed by atoms with Gasteiger partial charge in [0, 0.05) is 23.4 Å². The van der Waals surface area contributed by atoms with E-state index >= 15 is 0 Å². The highest BCUT2D eigenvalue weighted by atomic mass is 35.5. The number of anilines is 3. The molecule has 3 aromatic rings. The van der Waals surface area contributed by atoms with Crippen molar-refractivity contribution in [2.24, 2.45) is 0 Å². The third kappa shape index (κ3) is 5.52. The molecule has 0 radical (unpaired) electrons. The first-order chi connectivity index (χ1) is 14.3. The maximum Gasteiger partial charge on any atom is 0.262 e. The van der Waals surface area contributed by atoms with E-state index in [2.05, 4.69) is 15.8 Å². The summed E-state index contributed by atoms with van der Waals surface area (Å²) >= 11 is 19.3. The number of benzene rings is 2. The van der Waals surface area contributed by atoms with Gasteiger partial charge in [-0.25, -0.2) is 4.98 Å². The highest BCUT2D eigenvalue weighted by Gasteiger charge is 2.17. The van der Waals surface area contributed by atoms with Gasteiger partial charge < -0.3 is 0 Å². The molecule has 3 rings (SSSR count). The van der Waals surface area contributed by atoms with Gasteiger partial charge in [-0.2, -0.15) is 0 Å². The number of carbonyl (C=O) groups is 2. The number of hydrazine groups is 1. The van der Waals surface area contributed by atoms with Gasteiger partial charge >= 0.3 is 0 Å². The Hall–Kier alpha value is -2.58. The molecular weight excluding hydrogens is 467 g/mol. The fourth-order valence-electron chi connectivity index (χ4n) is 2.45. The van der Waals surface area contributed by atoms with Crippen molar-refractivity contribution in [3.63, 3.8) is 0 Å². The fourth-order valence-corrected chi connectivity index (χ4v) is 4.21. The lowest BCUT2D eigenvalue weighted by Gasteiger charge is -2.17. The number of halogens is 3. The van der Waals surface area contributed by atoms with Gasteiger partial charge in [-0.1, -0.05) is 53.0 Å². The molecule has 0 fully saturated rings. The summed E-state index contributed by atoms with van der Waals surface area (Å²) in [6.45, 7) is 1.47. The minimum atomic E-state index is -0.446. The normalized spacial score (nSPS) is 10.8. The predicted molar refractivity (Wildman–Crippen MR) is 124 cm³/mol. The van der Waals surface area contributed by atoms with Gasteiger partial charge in [-0.15, -0.1) is 11.3 Å². The molecule has 1 aromatic heterocycles. The minimum absolute atomic E-state index is 0.162. The zero-order valence-electron chi connectivity index (χ0n) is 15.5. The smallest absolute Gasteiger partial charge is 0.262 e. The molecule has 0 aliphatic heterocycles. The monoisotopic (exact) mass is 480 g/mol. The molecule has 2 N–H and O–H groups in total. The van der Waals surface area contributed by atoms with E-state index in [4.69, 9.17) is 34.8 Å². The molecule has 0 saturated heterocycles. The Kier molecular flexibility index (Phi) is 7.33. The van der Waals surface area contributed by atoms with Gasteiger partial charge in [0.25, 0.3) is 5.91 Å². The number of para-hydroxylation sites is 1. The molecule has 0 atom stereocenters. The first-order valence-corrected chi connectivity index (χ1v) is 10.6. The second-order valence-electron chi connectivity index (χ2n) is 5.94. The molecule has 0 saturated carbocycles. The van der Waals surface area contributed by atoms with Crippen LogP contribution in [0.3, 0.4) is 0 Å². The number of hydrogen-bond donors (Lipinski definition) is 2. The molecule has 0 bridgehead atoms. The Morgan fingerprint density at radius 1 is 1.10 bits per heavy atom. The van der Waals surface area contributed by atoms with Crippen LogP contribution in [0.4, 0.5) is 16.5 Å². The Bertz CT molecular complexity index is 1080. The zero-order valence-corrected chi connectivity index (χ0v) is 18.6. The number of amides is 2. The van der Waals surface area contributed by atoms with Crippen molar-refractivity contribution in [3.8, 4) is 0 Å². The van der Waals surface area contributed by atoms with Crippen molar-refractivity contribution in [3.05, 3.63) is 74.7 Å². The molecular formula is C20H15Cl3N4O2S. The molecule has 10 heteroatoms. The van der Waals surface area contributed by atoms with Crippen LogP contribution in [0.2, 0.25) is 15.1 Å². The van der Waals surface area contributed by atoms with Gasteiger partial charge in [0.1, 0.15) is 0 Å². The van der Waals surface area contributed by atoms with Crippen molar-refractivity contribution in [1.29, 1.82) is 0 Å². The average Bonchev–Trinajstić information content (AvgIpc) is 3.14. The highest BCUT2D eigenvalue weighted by Crippen LogP contribution is 2.33. The Labute approximate surface area is 192 Å². The summed E-state index contributed by atoms with van der Waals surface area (Å²) in [5.41, 5.74) is 6.71. The zero-order chi connectivity index (χ0) is 21.7. The van der Waals surface area contributed by atoms with E-state index in [9.17, 15) is 9.59 Å². The topological polar surface area (TPSA) is 74.3 Å². The Balaban J connectivity index is 1.66. The maximum atomic E-state index is 12.1. The molecule has 30 heavy (non-hydrogen) atoms. The third-order valence-corrected chi connectivity index (χ3v) is 5.41. The summed E-state index contributed by atoms with van der Waals surface area (Å²) in [4.78, 5) is 30.1. The van der Waals surface area contributed by atoms with Crippen LogP contribution in [-0.2, 0) is 9.59 Å². The molecule has 1 heterocycles. The maximum absolute atomic E-state index is 12.1. The summed E-state index contributed by atoms with van der Waals surface area (Å²) in [5, 5.41) is 3.18. The Morgan fingerprint density at radius 2 is 1.77 bits per heavy atom. The number of thiazole rings is 1. The second-order valence-corrected chi connectivity index (χ2v) is 8.02. The number of hydrogen-bond acceptors (Lipinski definition) is 5. The van der Waals surface area contributed by atoms with E-state index in [1.807, 2.05) is 30.3 Å². The Morgan fingerprint density at radius 3 is 2.40 bits per heavy atom. The highest BCUT2D eigenvalue weighted by molar-refractivity contribution is 7.14. The van der Waals surface area contributed by atoms with Crippen LogP contribution in [-0.4, -0.2) is 16.8 Å². The molecule has 6 nitrogen and oxygen atoms in total. The quantitative estimate of drug-likeness (QED) is 0.337. The summed E-state index contributed by atoms with van der Waals surface area (Å²) < 4.78 is 0. The van der Waals surface area contributed by atoms with Crippen LogP contribution in [0.15, 0.2) is 53.9 Å². The molecule has 0 unspecified atom stereocenters. The minimum Gasteiger partial charge on any atom is -0.295 e. The molecule has 2 amide bonds. The summed E-state index contributed by atoms with van der Waals surface area (Å²) in [6, 6.07) is 12.2. The molecule has 154 valence electrons. The third-order valence-electron chi connectivity index (χ3n) is 3.75. The number of carbonyl (C=O) groups excluding carboxylic acids is 2. The van der Waals surface area contributed by atoms with E-state index in [0.717, 1.165) is 0 Å². The molecule has 2 aromatic carbocycles. The van der Waals surface area contributed by atoms with Crippen LogP contribution in [0.5, 0.6) is 0 Å². The standard InChI is InChI=1S/C20H15Cl3N4O2S/c1-12(28)27(15-5-3-2-4-6-15)20-24-14(11-30-20)7-8-18(29)25-26-19-16(22)9-13(21)10-17(19)23/h2-11,26H,1H3,(H,25,29)/b8-7+. The SMILES string of the molecule is CC(=O)N(c1ccccc1)c1nc(/C=C/C(=O)NNc2c(Cl)cc(Cl)cc2Cl)cs1. The number of nitrogens with zero attached hydrogens (tertiary/aromatic N) is 2. The number of nitrogens with one attached hydrogen (secondary N) is 2. The molecule has 0 aliphatic carbocycles. The molecule has 0 aliphatic rings. The van der Waals surface area contributed by atoms with E-state index in [-0.39, 0.29) is 16.0 Å². The summed E-state index contributed by atoms with van der Waals surface area (Å²) in [5.74, 6) is -0.608. The second kappa shape index (κ2) is 9.95. The van der Waals surface area contributed by atoms with Crippen LogP contribution >= 0.6 is 46.1 Å². The van der Waals surface area contributed by atoms with Crippen LogP contribution < -0.4 is 15.8 Å². The van der Waals surface area contributed by atoms with Crippen molar-refractivity contribution < 1.29 is 9.59 Å². The number of rotatable bonds is 6. The first-order valence-electron chi connectivity index (χ1n) is 8.55. The lowest BCUT2D eigenvalue weighted by atomic mass is 10.3. The van der Waals surface area contributed by atoms with E-state index < -0.39 is 5.91 Å². The van der Waals surface area contributed by atoms with Crippen LogP contribution in [0, 0.1) is 0 Å². The first kappa shape index (κ1) is 22.1. The van der Waals surface area contributed by atoms with E-state index in [1.54, 1.807) is 5.38 Å². The van der Waals surface area contributed by atoms with Crippen LogP contribution in [0.1, 0.15) is 12.6 Å². The van der Waals surface area contributed by atoms with Gasteiger partial charge in [-0.05, 0) is 30.3 Å². The van der Waals surface area contributed by atoms with Gasteiger partial charge in [0.2, 0.25) is 5.91 Å². The van der Waals surface area contributed by atoms with E-state index in [1.165, 1.54) is 47.4 Å². The predicted octanol–water partition coefficient (Wildman–Crippen LogP) is 5.94. The average molecular weight is 482 g/mol. The summed E-state index contributed by atoms with van der Waals surface area (Å²) in [7, 11) is 0. The van der Waals surface area contributed by atoms with Gasteiger partial charge in [-0.3, -0.25) is 25.3 Å². The summed E-state index contributed by atoms with van der Waals surface area (Å²) in [6.07, 6.45) is 2.83. The van der Waals surface area contributed by atoms with Crippen molar-refractivity contribution in [2.75, 3.05) is 10.3 Å². The largest absolute Gasteiger partial charge is 0.295 e. The van der Waals surface area contributed by atoms with E-state index in [0.29, 0.717) is 27.2 Å². The van der Waals surface area contributed by atoms with Gasteiger partial charge in [0.15, 0.2) is 5.13 Å². The fraction of sp³-hybridized carbons (Fsp3) is 0.0500. The lowest BCUT2D eigenvalue weighted by molar-refractivity contribution is -0.116. The molecule has 0 spiro atoms. The number of aromatic nitrogens is 1.